The Morgan fingerprint density at radius 1 is 1.29 bits per heavy atom. The monoisotopic (exact) mass is 199 g/mol. The van der Waals surface area contributed by atoms with Gasteiger partial charge in [-0.1, -0.05) is 27.2 Å². The van der Waals surface area contributed by atoms with Gasteiger partial charge in [0.2, 0.25) is 0 Å². The average Bonchev–Trinajstić information content (AvgIpc) is 1.98. The molecule has 2 nitrogen and oxygen atoms in total. The molecule has 0 rings (SSSR count). The topological polar surface area (TPSA) is 43.1 Å². The van der Waals surface area contributed by atoms with Gasteiger partial charge in [0.05, 0.1) is 0 Å². The predicted octanol–water partition coefficient (Wildman–Crippen LogP) is 2.76. The highest BCUT2D eigenvalue weighted by atomic mass is 16.1. The van der Waals surface area contributed by atoms with Gasteiger partial charge in [0.1, 0.15) is 5.78 Å². The molecular weight excluding hydrogens is 174 g/mol. The molecule has 0 saturated carbocycles. The van der Waals surface area contributed by atoms with Crippen molar-refractivity contribution in [2.75, 3.05) is 0 Å². The molecular formula is C12H25NO. The van der Waals surface area contributed by atoms with E-state index in [0.29, 0.717) is 0 Å². The van der Waals surface area contributed by atoms with Crippen LogP contribution in [0.4, 0.5) is 0 Å². The summed E-state index contributed by atoms with van der Waals surface area (Å²) in [5, 5.41) is 0. The van der Waals surface area contributed by atoms with Crippen molar-refractivity contribution in [2.24, 2.45) is 17.1 Å². The van der Waals surface area contributed by atoms with Gasteiger partial charge in [-0.05, 0) is 32.6 Å². The molecule has 0 radical (unpaired) electrons. The first-order chi connectivity index (χ1) is 6.10. The van der Waals surface area contributed by atoms with Crippen molar-refractivity contribution >= 4 is 5.78 Å². The zero-order valence-electron chi connectivity index (χ0n) is 10.5. The summed E-state index contributed by atoms with van der Waals surface area (Å²) in [6, 6.07) is 0. The van der Waals surface area contributed by atoms with Gasteiger partial charge in [-0.15, -0.1) is 0 Å². The zero-order chi connectivity index (χ0) is 11.6. The third-order valence-electron chi connectivity index (χ3n) is 3.10. The Morgan fingerprint density at radius 2 is 1.71 bits per heavy atom. The van der Waals surface area contributed by atoms with Crippen LogP contribution in [0.25, 0.3) is 0 Å². The molecule has 0 fully saturated rings. The van der Waals surface area contributed by atoms with Crippen LogP contribution in [0.3, 0.4) is 0 Å². The summed E-state index contributed by atoms with van der Waals surface area (Å²) >= 11 is 0. The Bertz CT molecular complexity index is 201. The van der Waals surface area contributed by atoms with E-state index in [9.17, 15) is 4.79 Å². The molecule has 84 valence electrons. The van der Waals surface area contributed by atoms with Crippen LogP contribution in [0.5, 0.6) is 0 Å². The summed E-state index contributed by atoms with van der Waals surface area (Å²) in [6.45, 7) is 12.0. The summed E-state index contributed by atoms with van der Waals surface area (Å²) < 4.78 is 0. The van der Waals surface area contributed by atoms with E-state index in [2.05, 4.69) is 20.8 Å². The highest BCUT2D eigenvalue weighted by Crippen LogP contribution is 2.33. The molecule has 0 aromatic rings. The van der Waals surface area contributed by atoms with Crippen molar-refractivity contribution in [1.29, 1.82) is 0 Å². The first kappa shape index (κ1) is 13.6. The third kappa shape index (κ3) is 4.23. The lowest BCUT2D eigenvalue weighted by atomic mass is 9.72. The maximum atomic E-state index is 11.5. The number of Topliss-reactive ketones (excluding diaryl/α,β-unsaturated/α-hetero) is 1. The molecule has 2 N–H and O–H groups in total. The van der Waals surface area contributed by atoms with E-state index in [-0.39, 0.29) is 17.1 Å². The highest BCUT2D eigenvalue weighted by molar-refractivity contribution is 5.79. The van der Waals surface area contributed by atoms with E-state index in [1.165, 1.54) is 0 Å². The molecule has 2 heteroatoms. The fraction of sp³-hybridized carbons (Fsp3) is 0.917. The fourth-order valence-corrected chi connectivity index (χ4v) is 1.63. The van der Waals surface area contributed by atoms with E-state index >= 15 is 0 Å². The Kier molecular flexibility index (Phi) is 4.32. The molecule has 0 bridgehead atoms. The molecule has 0 amide bonds. The molecule has 14 heavy (non-hydrogen) atoms. The predicted molar refractivity (Wildman–Crippen MR) is 61.1 cm³/mol. The number of ketones is 1. The average molecular weight is 199 g/mol. The molecule has 0 heterocycles. The van der Waals surface area contributed by atoms with Crippen molar-refractivity contribution in [3.05, 3.63) is 0 Å². The zero-order valence-corrected chi connectivity index (χ0v) is 10.5. The fourth-order valence-electron chi connectivity index (χ4n) is 1.63. The Balaban J connectivity index is 4.64. The summed E-state index contributed by atoms with van der Waals surface area (Å²) in [7, 11) is 0. The number of hydrogen-bond donors (Lipinski definition) is 1. The number of rotatable bonds is 5. The molecule has 0 aliphatic carbocycles. The van der Waals surface area contributed by atoms with E-state index in [1.807, 2.05) is 13.8 Å². The van der Waals surface area contributed by atoms with Crippen LogP contribution in [-0.2, 0) is 4.79 Å². The van der Waals surface area contributed by atoms with Gasteiger partial charge in [0.15, 0.2) is 0 Å². The molecule has 0 aromatic heterocycles. The lowest BCUT2D eigenvalue weighted by Gasteiger charge is -2.35. The first-order valence-electron chi connectivity index (χ1n) is 5.39. The molecule has 0 saturated heterocycles. The lowest BCUT2D eigenvalue weighted by molar-refractivity contribution is -0.123. The normalized spacial score (nSPS) is 15.4. The standard InChI is InChI=1S/C12H25NO/c1-7-11(3,4)8-10(9(2)14)12(5,6)13/h10H,7-8,13H2,1-6H3. The third-order valence-corrected chi connectivity index (χ3v) is 3.10. The van der Waals surface area contributed by atoms with Gasteiger partial charge in [0.25, 0.3) is 0 Å². The van der Waals surface area contributed by atoms with Crippen molar-refractivity contribution in [3.63, 3.8) is 0 Å². The number of nitrogens with two attached hydrogens (primary N) is 1. The van der Waals surface area contributed by atoms with Crippen LogP contribution < -0.4 is 5.73 Å². The minimum Gasteiger partial charge on any atom is -0.325 e. The summed E-state index contributed by atoms with van der Waals surface area (Å²) in [5.74, 6) is 0.177. The second-order valence-corrected chi connectivity index (χ2v) is 5.71. The molecule has 0 aliphatic heterocycles. The molecule has 1 unspecified atom stereocenters. The molecule has 0 aliphatic rings. The number of hydrogen-bond acceptors (Lipinski definition) is 2. The van der Waals surface area contributed by atoms with Crippen LogP contribution in [0, 0.1) is 11.3 Å². The first-order valence-corrected chi connectivity index (χ1v) is 5.39. The van der Waals surface area contributed by atoms with Crippen LogP contribution in [0.15, 0.2) is 0 Å². The Labute approximate surface area is 88.3 Å². The van der Waals surface area contributed by atoms with E-state index in [1.54, 1.807) is 6.92 Å². The van der Waals surface area contributed by atoms with Gasteiger partial charge in [-0.3, -0.25) is 4.79 Å². The highest BCUT2D eigenvalue weighted by Gasteiger charge is 2.33. The maximum absolute atomic E-state index is 11.5. The Morgan fingerprint density at radius 3 is 1.93 bits per heavy atom. The molecule has 0 aromatic carbocycles. The van der Waals surface area contributed by atoms with Crippen LogP contribution in [0.2, 0.25) is 0 Å². The molecule has 1 atom stereocenters. The summed E-state index contributed by atoms with van der Waals surface area (Å²) in [6.07, 6.45) is 1.95. The summed E-state index contributed by atoms with van der Waals surface area (Å²) in [4.78, 5) is 11.5. The van der Waals surface area contributed by atoms with Gasteiger partial charge in [-0.25, -0.2) is 0 Å². The van der Waals surface area contributed by atoms with Gasteiger partial charge >= 0.3 is 0 Å². The van der Waals surface area contributed by atoms with E-state index in [0.717, 1.165) is 12.8 Å². The second kappa shape index (κ2) is 4.43. The lowest BCUT2D eigenvalue weighted by Crippen LogP contribution is -2.46. The van der Waals surface area contributed by atoms with Crippen LogP contribution in [-0.4, -0.2) is 11.3 Å². The van der Waals surface area contributed by atoms with Gasteiger partial charge in [0, 0.05) is 11.5 Å². The summed E-state index contributed by atoms with van der Waals surface area (Å²) in [5.41, 5.74) is 5.82. The van der Waals surface area contributed by atoms with Crippen molar-refractivity contribution in [2.45, 2.75) is 59.9 Å². The maximum Gasteiger partial charge on any atom is 0.134 e. The van der Waals surface area contributed by atoms with Crippen molar-refractivity contribution < 1.29 is 4.79 Å². The second-order valence-electron chi connectivity index (χ2n) is 5.71. The molecule has 0 spiro atoms. The SMILES string of the molecule is CCC(C)(C)CC(C(C)=O)C(C)(C)N. The van der Waals surface area contributed by atoms with Crippen LogP contribution in [0.1, 0.15) is 54.4 Å². The van der Waals surface area contributed by atoms with Gasteiger partial charge in [-0.2, -0.15) is 0 Å². The van der Waals surface area contributed by atoms with E-state index in [4.69, 9.17) is 5.73 Å². The van der Waals surface area contributed by atoms with Crippen molar-refractivity contribution in [3.8, 4) is 0 Å². The quantitative estimate of drug-likeness (QED) is 0.740. The smallest absolute Gasteiger partial charge is 0.134 e. The van der Waals surface area contributed by atoms with E-state index < -0.39 is 5.54 Å². The minimum atomic E-state index is -0.404. The largest absolute Gasteiger partial charge is 0.325 e. The number of carbonyl (C=O) groups excluding carboxylic acids is 1. The van der Waals surface area contributed by atoms with Crippen LogP contribution >= 0.6 is 0 Å². The number of carbonyl (C=O) groups is 1. The van der Waals surface area contributed by atoms with Gasteiger partial charge < -0.3 is 5.73 Å². The Hall–Kier alpha value is -0.370. The van der Waals surface area contributed by atoms with Crippen molar-refractivity contribution in [1.82, 2.24) is 0 Å². The minimum absolute atomic E-state index is 0.0301.